The molecule has 1 aromatic heterocycles. The van der Waals surface area contributed by atoms with E-state index in [1.54, 1.807) is 38.3 Å². The van der Waals surface area contributed by atoms with Crippen molar-refractivity contribution in [3.8, 4) is 5.75 Å². The number of benzene rings is 2. The molecule has 0 aliphatic heterocycles. The standard InChI is InChI=1S/C21H19ClN4O2/c1-13(23)18-19(22)17(12-24-20(18)25-14-6-4-3-5-7-14)21(27)26-15-8-10-16(28-2)11-9-15/h3-12,23H,1-2H3,(H,24,25)(H,26,27). The number of hydrogen-bond acceptors (Lipinski definition) is 5. The van der Waals surface area contributed by atoms with Crippen molar-refractivity contribution in [2.24, 2.45) is 0 Å². The number of hydrogen-bond donors (Lipinski definition) is 3. The molecule has 1 heterocycles. The molecule has 0 saturated heterocycles. The van der Waals surface area contributed by atoms with Crippen molar-refractivity contribution < 1.29 is 9.53 Å². The van der Waals surface area contributed by atoms with E-state index in [2.05, 4.69) is 15.6 Å². The number of nitrogens with zero attached hydrogens (tertiary/aromatic N) is 1. The minimum atomic E-state index is -0.406. The largest absolute Gasteiger partial charge is 0.497 e. The first-order chi connectivity index (χ1) is 13.5. The van der Waals surface area contributed by atoms with Gasteiger partial charge in [-0.3, -0.25) is 4.79 Å². The first kappa shape index (κ1) is 19.4. The molecule has 0 bridgehead atoms. The molecule has 2 aromatic carbocycles. The van der Waals surface area contributed by atoms with Gasteiger partial charge in [0, 0.05) is 23.3 Å². The molecule has 0 aliphatic rings. The molecule has 0 aliphatic carbocycles. The van der Waals surface area contributed by atoms with Crippen molar-refractivity contribution in [2.75, 3.05) is 17.7 Å². The highest BCUT2D eigenvalue weighted by Gasteiger charge is 2.20. The summed E-state index contributed by atoms with van der Waals surface area (Å²) in [6, 6.07) is 16.4. The number of carbonyl (C=O) groups is 1. The molecule has 1 amide bonds. The Morgan fingerprint density at radius 2 is 1.75 bits per heavy atom. The molecule has 0 spiro atoms. The van der Waals surface area contributed by atoms with Crippen molar-refractivity contribution in [2.45, 2.75) is 6.92 Å². The number of rotatable bonds is 6. The molecule has 0 radical (unpaired) electrons. The Bertz CT molecular complexity index is 1000. The SMILES string of the molecule is COc1ccc(NC(=O)c2cnc(Nc3ccccc3)c(C(C)=N)c2Cl)cc1. The van der Waals surface area contributed by atoms with Gasteiger partial charge in [-0.25, -0.2) is 4.98 Å². The fraction of sp³-hybridized carbons (Fsp3) is 0.0952. The predicted octanol–water partition coefficient (Wildman–Crippen LogP) is 5.13. The van der Waals surface area contributed by atoms with Crippen LogP contribution in [0.15, 0.2) is 60.8 Å². The average molecular weight is 395 g/mol. The molecular weight excluding hydrogens is 376 g/mol. The summed E-state index contributed by atoms with van der Waals surface area (Å²) in [4.78, 5) is 17.0. The van der Waals surface area contributed by atoms with Gasteiger partial charge >= 0.3 is 0 Å². The molecule has 3 rings (SSSR count). The van der Waals surface area contributed by atoms with Gasteiger partial charge < -0.3 is 20.8 Å². The summed E-state index contributed by atoms with van der Waals surface area (Å²) in [6.45, 7) is 1.60. The van der Waals surface area contributed by atoms with Gasteiger partial charge in [0.15, 0.2) is 0 Å². The molecular formula is C21H19ClN4O2. The zero-order valence-corrected chi connectivity index (χ0v) is 16.2. The van der Waals surface area contributed by atoms with Crippen molar-refractivity contribution in [3.05, 3.63) is 76.9 Å². The molecule has 0 atom stereocenters. The van der Waals surface area contributed by atoms with Crippen LogP contribution in [0.4, 0.5) is 17.2 Å². The minimum Gasteiger partial charge on any atom is -0.497 e. The normalized spacial score (nSPS) is 10.2. The zero-order chi connectivity index (χ0) is 20.1. The number of anilines is 3. The van der Waals surface area contributed by atoms with E-state index in [-0.39, 0.29) is 16.3 Å². The maximum atomic E-state index is 12.7. The van der Waals surface area contributed by atoms with E-state index in [0.717, 1.165) is 5.69 Å². The fourth-order valence-corrected chi connectivity index (χ4v) is 2.98. The molecule has 3 aromatic rings. The highest BCUT2D eigenvalue weighted by atomic mass is 35.5. The smallest absolute Gasteiger partial charge is 0.258 e. The Morgan fingerprint density at radius 1 is 1.07 bits per heavy atom. The van der Waals surface area contributed by atoms with E-state index < -0.39 is 5.91 Å². The Morgan fingerprint density at radius 3 is 2.36 bits per heavy atom. The number of aromatic nitrogens is 1. The van der Waals surface area contributed by atoms with Crippen LogP contribution in [0, 0.1) is 5.41 Å². The van der Waals surface area contributed by atoms with Crippen molar-refractivity contribution in [1.29, 1.82) is 5.41 Å². The first-order valence-electron chi connectivity index (χ1n) is 8.51. The van der Waals surface area contributed by atoms with Gasteiger partial charge in [0.1, 0.15) is 11.6 Å². The molecule has 7 heteroatoms. The monoisotopic (exact) mass is 394 g/mol. The quantitative estimate of drug-likeness (QED) is 0.506. The third kappa shape index (κ3) is 4.29. The Labute approximate surface area is 168 Å². The zero-order valence-electron chi connectivity index (χ0n) is 15.4. The molecule has 0 saturated carbocycles. The summed E-state index contributed by atoms with van der Waals surface area (Å²) in [5.74, 6) is 0.705. The van der Waals surface area contributed by atoms with Crippen LogP contribution in [0.5, 0.6) is 5.75 Å². The van der Waals surface area contributed by atoms with E-state index in [9.17, 15) is 4.79 Å². The molecule has 28 heavy (non-hydrogen) atoms. The molecule has 6 nitrogen and oxygen atoms in total. The van der Waals surface area contributed by atoms with Crippen LogP contribution in [0.2, 0.25) is 5.02 Å². The average Bonchev–Trinajstić information content (AvgIpc) is 2.69. The van der Waals surface area contributed by atoms with E-state index >= 15 is 0 Å². The van der Waals surface area contributed by atoms with Gasteiger partial charge in [-0.15, -0.1) is 0 Å². The fourth-order valence-electron chi connectivity index (χ4n) is 2.62. The number of methoxy groups -OCH3 is 1. The molecule has 142 valence electrons. The Hall–Kier alpha value is -3.38. The molecule has 0 unspecified atom stereocenters. The highest BCUT2D eigenvalue weighted by Crippen LogP contribution is 2.29. The van der Waals surface area contributed by atoms with Gasteiger partial charge in [-0.05, 0) is 43.3 Å². The third-order valence-corrected chi connectivity index (χ3v) is 4.41. The number of carbonyl (C=O) groups excluding carboxylic acids is 1. The second-order valence-corrected chi connectivity index (χ2v) is 6.39. The van der Waals surface area contributed by atoms with Crippen molar-refractivity contribution >= 4 is 40.4 Å². The number of halogens is 1. The van der Waals surface area contributed by atoms with Crippen LogP contribution in [-0.4, -0.2) is 23.7 Å². The molecule has 3 N–H and O–H groups in total. The number of para-hydroxylation sites is 1. The highest BCUT2D eigenvalue weighted by molar-refractivity contribution is 6.38. The number of nitrogens with one attached hydrogen (secondary N) is 3. The topological polar surface area (TPSA) is 87.1 Å². The summed E-state index contributed by atoms with van der Waals surface area (Å²) in [5, 5.41) is 14.2. The summed E-state index contributed by atoms with van der Waals surface area (Å²) < 4.78 is 5.11. The van der Waals surface area contributed by atoms with Crippen LogP contribution in [-0.2, 0) is 0 Å². The van der Waals surface area contributed by atoms with Gasteiger partial charge in [-0.1, -0.05) is 29.8 Å². The second kappa shape index (κ2) is 8.54. The van der Waals surface area contributed by atoms with Crippen LogP contribution in [0.25, 0.3) is 0 Å². The third-order valence-electron chi connectivity index (χ3n) is 4.02. The van der Waals surface area contributed by atoms with E-state index in [4.69, 9.17) is 21.7 Å². The van der Waals surface area contributed by atoms with Gasteiger partial charge in [0.05, 0.1) is 23.3 Å². The van der Waals surface area contributed by atoms with E-state index in [0.29, 0.717) is 22.8 Å². The van der Waals surface area contributed by atoms with Crippen molar-refractivity contribution in [3.63, 3.8) is 0 Å². The van der Waals surface area contributed by atoms with Crippen LogP contribution in [0.3, 0.4) is 0 Å². The lowest BCUT2D eigenvalue weighted by Crippen LogP contribution is -2.15. The predicted molar refractivity (Wildman–Crippen MR) is 112 cm³/mol. The van der Waals surface area contributed by atoms with E-state index in [1.165, 1.54) is 6.20 Å². The minimum absolute atomic E-state index is 0.173. The second-order valence-electron chi connectivity index (χ2n) is 6.01. The van der Waals surface area contributed by atoms with Crippen LogP contribution < -0.4 is 15.4 Å². The molecule has 0 fully saturated rings. The van der Waals surface area contributed by atoms with Gasteiger partial charge in [0.2, 0.25) is 0 Å². The van der Waals surface area contributed by atoms with E-state index in [1.807, 2.05) is 30.3 Å². The lowest BCUT2D eigenvalue weighted by Gasteiger charge is -2.15. The lowest BCUT2D eigenvalue weighted by molar-refractivity contribution is 0.102. The maximum Gasteiger partial charge on any atom is 0.258 e. The summed E-state index contributed by atoms with van der Waals surface area (Å²) in [7, 11) is 1.57. The van der Waals surface area contributed by atoms with Gasteiger partial charge in [0.25, 0.3) is 5.91 Å². The lowest BCUT2D eigenvalue weighted by atomic mass is 10.1. The first-order valence-corrected chi connectivity index (χ1v) is 8.89. The summed E-state index contributed by atoms with van der Waals surface area (Å²) in [6.07, 6.45) is 1.40. The Balaban J connectivity index is 1.89. The number of amides is 1. The van der Waals surface area contributed by atoms with Crippen LogP contribution >= 0.6 is 11.6 Å². The Kier molecular flexibility index (Phi) is 5.91. The van der Waals surface area contributed by atoms with Crippen molar-refractivity contribution in [1.82, 2.24) is 4.98 Å². The van der Waals surface area contributed by atoms with Gasteiger partial charge in [-0.2, -0.15) is 0 Å². The summed E-state index contributed by atoms with van der Waals surface area (Å²) in [5.41, 5.74) is 2.19. The van der Waals surface area contributed by atoms with Crippen LogP contribution in [0.1, 0.15) is 22.8 Å². The maximum absolute atomic E-state index is 12.7. The summed E-state index contributed by atoms with van der Waals surface area (Å²) >= 11 is 6.48. The number of ether oxygens (including phenoxy) is 1. The number of pyridine rings is 1.